The van der Waals surface area contributed by atoms with E-state index >= 15 is 0 Å². The highest BCUT2D eigenvalue weighted by Gasteiger charge is 2.13. The molecule has 1 aromatic heterocycles. The smallest absolute Gasteiger partial charge is 0.251 e. The van der Waals surface area contributed by atoms with Crippen LogP contribution in [0.15, 0.2) is 18.2 Å². The molecular formula is C14H20N4O2. The van der Waals surface area contributed by atoms with Crippen LogP contribution in [-0.2, 0) is 6.54 Å². The number of hydrogen-bond acceptors (Lipinski definition) is 4. The Balaban J connectivity index is 2.11. The van der Waals surface area contributed by atoms with E-state index in [1.807, 2.05) is 26.8 Å². The third kappa shape index (κ3) is 2.96. The van der Waals surface area contributed by atoms with Crippen LogP contribution in [-0.4, -0.2) is 38.7 Å². The summed E-state index contributed by atoms with van der Waals surface area (Å²) in [4.78, 5) is 12.0. The van der Waals surface area contributed by atoms with Crippen LogP contribution >= 0.6 is 0 Å². The molecule has 2 N–H and O–H groups in total. The Hall–Kier alpha value is -1.95. The first-order valence-corrected chi connectivity index (χ1v) is 6.82. The number of aliphatic hydroxyl groups excluding tert-OH is 1. The van der Waals surface area contributed by atoms with Gasteiger partial charge in [-0.25, -0.2) is 4.68 Å². The van der Waals surface area contributed by atoms with Gasteiger partial charge in [0.2, 0.25) is 0 Å². The van der Waals surface area contributed by atoms with Crippen molar-refractivity contribution in [3.05, 3.63) is 23.8 Å². The topological polar surface area (TPSA) is 80.0 Å². The molecule has 0 fully saturated rings. The molecule has 6 heteroatoms. The van der Waals surface area contributed by atoms with Crippen LogP contribution in [0, 0.1) is 5.92 Å². The number of carbonyl (C=O) groups is 1. The highest BCUT2D eigenvalue weighted by molar-refractivity contribution is 5.97. The number of nitrogens with one attached hydrogen (secondary N) is 1. The first-order valence-electron chi connectivity index (χ1n) is 6.82. The average molecular weight is 276 g/mol. The van der Waals surface area contributed by atoms with E-state index in [-0.39, 0.29) is 18.4 Å². The van der Waals surface area contributed by atoms with E-state index in [4.69, 9.17) is 0 Å². The Morgan fingerprint density at radius 3 is 2.85 bits per heavy atom. The second-order valence-corrected chi connectivity index (χ2v) is 5.13. The van der Waals surface area contributed by atoms with Gasteiger partial charge >= 0.3 is 0 Å². The van der Waals surface area contributed by atoms with Gasteiger partial charge in [-0.2, -0.15) is 0 Å². The average Bonchev–Trinajstić information content (AvgIpc) is 2.86. The van der Waals surface area contributed by atoms with Crippen LogP contribution in [0.4, 0.5) is 0 Å². The number of aliphatic hydroxyl groups is 1. The highest BCUT2D eigenvalue weighted by Crippen LogP contribution is 2.13. The van der Waals surface area contributed by atoms with Crippen LogP contribution in [0.2, 0.25) is 0 Å². The molecule has 2 aromatic rings. The minimum Gasteiger partial charge on any atom is -0.391 e. The fraction of sp³-hybridized carbons (Fsp3) is 0.500. The van der Waals surface area contributed by atoms with Crippen molar-refractivity contribution in [1.29, 1.82) is 0 Å². The van der Waals surface area contributed by atoms with E-state index < -0.39 is 6.10 Å². The molecule has 1 amide bonds. The van der Waals surface area contributed by atoms with E-state index in [0.717, 1.165) is 12.1 Å². The highest BCUT2D eigenvalue weighted by atomic mass is 16.3. The molecule has 108 valence electrons. The summed E-state index contributed by atoms with van der Waals surface area (Å²) in [5, 5.41) is 20.5. The molecule has 20 heavy (non-hydrogen) atoms. The lowest BCUT2D eigenvalue weighted by Gasteiger charge is -2.15. The summed E-state index contributed by atoms with van der Waals surface area (Å²) >= 11 is 0. The number of rotatable bonds is 5. The summed E-state index contributed by atoms with van der Waals surface area (Å²) in [5.74, 6) is -0.0973. The number of hydrogen-bond donors (Lipinski definition) is 2. The molecule has 1 atom stereocenters. The van der Waals surface area contributed by atoms with Crippen molar-refractivity contribution in [2.45, 2.75) is 33.4 Å². The summed E-state index contributed by atoms with van der Waals surface area (Å²) in [5.41, 5.74) is 2.13. The summed E-state index contributed by atoms with van der Waals surface area (Å²) in [6.07, 6.45) is -0.538. The molecule has 0 radical (unpaired) electrons. The Morgan fingerprint density at radius 2 is 2.20 bits per heavy atom. The van der Waals surface area contributed by atoms with Gasteiger partial charge in [-0.3, -0.25) is 4.79 Å². The fourth-order valence-corrected chi connectivity index (χ4v) is 1.88. The molecule has 1 aromatic carbocycles. The first-order chi connectivity index (χ1) is 9.52. The summed E-state index contributed by atoms with van der Waals surface area (Å²) in [6.45, 7) is 6.79. The molecule has 2 rings (SSSR count). The lowest BCUT2D eigenvalue weighted by Crippen LogP contribution is -2.34. The molecule has 0 bridgehead atoms. The minimum absolute atomic E-state index is 0.113. The van der Waals surface area contributed by atoms with E-state index in [1.165, 1.54) is 0 Å². The number of carbonyl (C=O) groups excluding carboxylic acids is 1. The maximum atomic E-state index is 12.0. The lowest BCUT2D eigenvalue weighted by molar-refractivity contribution is 0.0871. The molecule has 1 unspecified atom stereocenters. The molecule has 0 aliphatic rings. The van der Waals surface area contributed by atoms with Crippen molar-refractivity contribution in [2.24, 2.45) is 5.92 Å². The van der Waals surface area contributed by atoms with E-state index in [9.17, 15) is 9.90 Å². The largest absolute Gasteiger partial charge is 0.391 e. The van der Waals surface area contributed by atoms with E-state index in [1.54, 1.807) is 16.8 Å². The Morgan fingerprint density at radius 1 is 1.45 bits per heavy atom. The number of aromatic nitrogens is 3. The molecular weight excluding hydrogens is 256 g/mol. The van der Waals surface area contributed by atoms with Gasteiger partial charge in [0.1, 0.15) is 5.52 Å². The van der Waals surface area contributed by atoms with E-state index in [0.29, 0.717) is 11.1 Å². The van der Waals surface area contributed by atoms with Gasteiger partial charge in [0, 0.05) is 18.7 Å². The molecule has 0 aliphatic heterocycles. The van der Waals surface area contributed by atoms with Crippen molar-refractivity contribution >= 4 is 16.9 Å². The summed E-state index contributed by atoms with van der Waals surface area (Å²) < 4.78 is 1.78. The van der Waals surface area contributed by atoms with Crippen molar-refractivity contribution in [3.63, 3.8) is 0 Å². The van der Waals surface area contributed by atoms with Crippen molar-refractivity contribution in [1.82, 2.24) is 20.3 Å². The summed E-state index contributed by atoms with van der Waals surface area (Å²) in [6, 6.07) is 5.30. The quantitative estimate of drug-likeness (QED) is 0.860. The Kier molecular flexibility index (Phi) is 4.34. The van der Waals surface area contributed by atoms with Gasteiger partial charge in [-0.15, -0.1) is 5.10 Å². The number of fused-ring (bicyclic) bond motifs is 1. The molecule has 0 aliphatic carbocycles. The number of benzene rings is 1. The zero-order valence-corrected chi connectivity index (χ0v) is 12.0. The van der Waals surface area contributed by atoms with Gasteiger partial charge in [0.25, 0.3) is 5.91 Å². The standard InChI is InChI=1S/C14H20N4O2/c1-4-18-12-6-5-10(7-11(12)16-17-18)14(20)15-8-13(19)9(2)3/h5-7,9,13,19H,4,8H2,1-3H3,(H,15,20). The zero-order valence-electron chi connectivity index (χ0n) is 12.0. The zero-order chi connectivity index (χ0) is 14.7. The second kappa shape index (κ2) is 6.00. The van der Waals surface area contributed by atoms with Gasteiger partial charge in [0.15, 0.2) is 0 Å². The van der Waals surface area contributed by atoms with Crippen LogP contribution in [0.25, 0.3) is 11.0 Å². The molecule has 1 heterocycles. The normalized spacial score (nSPS) is 12.8. The predicted octanol–water partition coefficient (Wildman–Crippen LogP) is 1.20. The monoisotopic (exact) mass is 276 g/mol. The van der Waals surface area contributed by atoms with Gasteiger partial charge in [-0.05, 0) is 31.0 Å². The summed E-state index contributed by atoms with van der Waals surface area (Å²) in [7, 11) is 0. The van der Waals surface area contributed by atoms with Gasteiger partial charge in [-0.1, -0.05) is 19.1 Å². The van der Waals surface area contributed by atoms with E-state index in [2.05, 4.69) is 15.6 Å². The van der Waals surface area contributed by atoms with Crippen LogP contribution < -0.4 is 5.32 Å². The third-order valence-electron chi connectivity index (χ3n) is 3.32. The molecule has 0 saturated carbocycles. The van der Waals surface area contributed by atoms with Crippen molar-refractivity contribution < 1.29 is 9.90 Å². The molecule has 6 nitrogen and oxygen atoms in total. The lowest BCUT2D eigenvalue weighted by atomic mass is 10.1. The SMILES string of the molecule is CCn1nnc2cc(C(=O)NCC(O)C(C)C)ccc21. The minimum atomic E-state index is -0.538. The Bertz CT molecular complexity index is 606. The van der Waals surface area contributed by atoms with Crippen LogP contribution in [0.3, 0.4) is 0 Å². The van der Waals surface area contributed by atoms with Crippen molar-refractivity contribution in [3.8, 4) is 0 Å². The number of nitrogens with zero attached hydrogens (tertiary/aromatic N) is 3. The van der Waals surface area contributed by atoms with Crippen molar-refractivity contribution in [2.75, 3.05) is 6.54 Å². The Labute approximate surface area is 117 Å². The van der Waals surface area contributed by atoms with Gasteiger partial charge < -0.3 is 10.4 Å². The molecule has 0 saturated heterocycles. The number of aryl methyl sites for hydroxylation is 1. The second-order valence-electron chi connectivity index (χ2n) is 5.13. The van der Waals surface area contributed by atoms with Crippen LogP contribution in [0.1, 0.15) is 31.1 Å². The molecule has 0 spiro atoms. The van der Waals surface area contributed by atoms with Gasteiger partial charge in [0.05, 0.1) is 11.6 Å². The fourth-order valence-electron chi connectivity index (χ4n) is 1.88. The first kappa shape index (κ1) is 14.5. The van der Waals surface area contributed by atoms with Crippen LogP contribution in [0.5, 0.6) is 0 Å². The number of amides is 1. The maximum Gasteiger partial charge on any atom is 0.251 e. The maximum absolute atomic E-state index is 12.0. The predicted molar refractivity (Wildman–Crippen MR) is 76.4 cm³/mol. The third-order valence-corrected chi connectivity index (χ3v) is 3.32.